The van der Waals surface area contributed by atoms with E-state index in [0.717, 1.165) is 35.6 Å². The Hall–Kier alpha value is -1.45. The number of hydrogen-bond donors (Lipinski definition) is 0. The van der Waals surface area contributed by atoms with Crippen LogP contribution < -0.4 is 0 Å². The maximum Gasteiger partial charge on any atom is 0.303 e. The van der Waals surface area contributed by atoms with E-state index in [2.05, 4.69) is 9.97 Å². The van der Waals surface area contributed by atoms with Crippen molar-refractivity contribution in [3.8, 4) is 0 Å². The third-order valence-electron chi connectivity index (χ3n) is 2.67. The van der Waals surface area contributed by atoms with Crippen LogP contribution in [0.4, 0.5) is 0 Å². The second kappa shape index (κ2) is 3.61. The molecule has 15 heavy (non-hydrogen) atoms. The van der Waals surface area contributed by atoms with Crippen molar-refractivity contribution in [3.05, 3.63) is 22.8 Å². The molecule has 0 N–H and O–H groups in total. The Morgan fingerprint density at radius 3 is 2.67 bits per heavy atom. The van der Waals surface area contributed by atoms with E-state index in [0.29, 0.717) is 0 Å². The van der Waals surface area contributed by atoms with Crippen LogP contribution in [0, 0.1) is 13.8 Å². The monoisotopic (exact) mass is 206 g/mol. The number of carbonyl (C=O) groups excluding carboxylic acids is 1. The van der Waals surface area contributed by atoms with Gasteiger partial charge in [0.2, 0.25) is 0 Å². The number of hydrogen-bond acceptors (Lipinski definition) is 4. The van der Waals surface area contributed by atoms with Gasteiger partial charge in [0.25, 0.3) is 0 Å². The zero-order valence-electron chi connectivity index (χ0n) is 9.20. The second-order valence-corrected chi connectivity index (χ2v) is 3.86. The van der Waals surface area contributed by atoms with E-state index in [1.807, 2.05) is 13.8 Å². The zero-order chi connectivity index (χ0) is 11.0. The summed E-state index contributed by atoms with van der Waals surface area (Å²) in [4.78, 5) is 19.8. The number of aryl methyl sites for hydroxylation is 3. The molecule has 0 bridgehead atoms. The average molecular weight is 206 g/mol. The van der Waals surface area contributed by atoms with Gasteiger partial charge in [0, 0.05) is 6.92 Å². The van der Waals surface area contributed by atoms with Gasteiger partial charge in [-0.1, -0.05) is 0 Å². The molecule has 2 rings (SSSR count). The van der Waals surface area contributed by atoms with Gasteiger partial charge in [-0.15, -0.1) is 0 Å². The van der Waals surface area contributed by atoms with Gasteiger partial charge >= 0.3 is 5.97 Å². The first kappa shape index (κ1) is 10.1. The molecule has 0 saturated heterocycles. The largest absolute Gasteiger partial charge is 0.456 e. The van der Waals surface area contributed by atoms with E-state index in [1.165, 1.54) is 6.92 Å². The minimum absolute atomic E-state index is 0.190. The third-order valence-corrected chi connectivity index (χ3v) is 2.67. The van der Waals surface area contributed by atoms with Crippen molar-refractivity contribution < 1.29 is 9.53 Å². The summed E-state index contributed by atoms with van der Waals surface area (Å²) in [5.74, 6) is -0.257. The summed E-state index contributed by atoms with van der Waals surface area (Å²) in [6, 6.07) is 0. The molecule has 0 saturated carbocycles. The molecule has 4 nitrogen and oxygen atoms in total. The van der Waals surface area contributed by atoms with Crippen LogP contribution in [-0.2, 0) is 16.0 Å². The molecule has 0 radical (unpaired) electrons. The zero-order valence-corrected chi connectivity index (χ0v) is 9.20. The molecular formula is C11H14N2O2. The van der Waals surface area contributed by atoms with E-state index >= 15 is 0 Å². The van der Waals surface area contributed by atoms with Gasteiger partial charge in [-0.3, -0.25) is 14.8 Å². The summed E-state index contributed by atoms with van der Waals surface area (Å²) in [5.41, 5.74) is 3.68. The fraction of sp³-hybridized carbons (Fsp3) is 0.545. The molecule has 1 heterocycles. The van der Waals surface area contributed by atoms with Crippen LogP contribution in [0.25, 0.3) is 0 Å². The van der Waals surface area contributed by atoms with E-state index in [-0.39, 0.29) is 12.1 Å². The predicted molar refractivity (Wildman–Crippen MR) is 54.3 cm³/mol. The van der Waals surface area contributed by atoms with Gasteiger partial charge in [-0.2, -0.15) is 0 Å². The van der Waals surface area contributed by atoms with Crippen molar-refractivity contribution in [1.29, 1.82) is 0 Å². The molecule has 1 aromatic rings. The molecular weight excluding hydrogens is 192 g/mol. The Morgan fingerprint density at radius 1 is 1.33 bits per heavy atom. The summed E-state index contributed by atoms with van der Waals surface area (Å²) in [5, 5.41) is 0. The van der Waals surface area contributed by atoms with E-state index in [9.17, 15) is 4.79 Å². The van der Waals surface area contributed by atoms with Crippen molar-refractivity contribution in [3.63, 3.8) is 0 Å². The van der Waals surface area contributed by atoms with Crippen LogP contribution in [0.3, 0.4) is 0 Å². The predicted octanol–water partition coefficient (Wildman–Crippen LogP) is 1.64. The Bertz CT molecular complexity index is 415. The van der Waals surface area contributed by atoms with Crippen molar-refractivity contribution in [2.24, 2.45) is 0 Å². The number of nitrogens with zero attached hydrogens (tertiary/aromatic N) is 2. The highest BCUT2D eigenvalue weighted by molar-refractivity contribution is 5.66. The summed E-state index contributed by atoms with van der Waals surface area (Å²) in [6.45, 7) is 5.29. The van der Waals surface area contributed by atoms with Crippen LogP contribution in [0.1, 0.15) is 42.2 Å². The molecule has 4 heteroatoms. The van der Waals surface area contributed by atoms with Crippen molar-refractivity contribution in [1.82, 2.24) is 9.97 Å². The molecule has 0 spiro atoms. The molecule has 0 aromatic carbocycles. The van der Waals surface area contributed by atoms with Crippen LogP contribution in [0.15, 0.2) is 0 Å². The first-order valence-corrected chi connectivity index (χ1v) is 5.09. The number of rotatable bonds is 1. The van der Waals surface area contributed by atoms with E-state index in [1.54, 1.807) is 0 Å². The summed E-state index contributed by atoms with van der Waals surface area (Å²) in [7, 11) is 0. The Labute approximate surface area is 88.7 Å². The van der Waals surface area contributed by atoms with Crippen molar-refractivity contribution >= 4 is 5.97 Å². The van der Waals surface area contributed by atoms with Gasteiger partial charge in [0.1, 0.15) is 11.8 Å². The summed E-state index contributed by atoms with van der Waals surface area (Å²) < 4.78 is 5.19. The molecule has 0 amide bonds. The lowest BCUT2D eigenvalue weighted by Gasteiger charge is -2.11. The van der Waals surface area contributed by atoms with Crippen LogP contribution in [-0.4, -0.2) is 15.9 Å². The molecule has 1 aliphatic rings. The smallest absolute Gasteiger partial charge is 0.303 e. The summed E-state index contributed by atoms with van der Waals surface area (Å²) >= 11 is 0. The number of aromatic nitrogens is 2. The Morgan fingerprint density at radius 2 is 2.00 bits per heavy atom. The molecule has 80 valence electrons. The van der Waals surface area contributed by atoms with Gasteiger partial charge in [-0.05, 0) is 26.7 Å². The molecule has 0 aliphatic heterocycles. The number of esters is 1. The molecule has 1 unspecified atom stereocenters. The Balaban J connectivity index is 2.34. The quantitative estimate of drug-likeness (QED) is 0.655. The van der Waals surface area contributed by atoms with Crippen molar-refractivity contribution in [2.45, 2.75) is 39.7 Å². The lowest BCUT2D eigenvalue weighted by molar-refractivity contribution is -0.146. The van der Waals surface area contributed by atoms with Gasteiger partial charge in [-0.25, -0.2) is 0 Å². The molecule has 0 fully saturated rings. The number of ether oxygens (including phenoxy) is 1. The van der Waals surface area contributed by atoms with E-state index in [4.69, 9.17) is 4.74 Å². The minimum Gasteiger partial charge on any atom is -0.456 e. The third kappa shape index (κ3) is 1.84. The average Bonchev–Trinajstić information content (AvgIpc) is 2.49. The van der Waals surface area contributed by atoms with Gasteiger partial charge in [0.05, 0.1) is 17.1 Å². The maximum atomic E-state index is 10.9. The fourth-order valence-electron chi connectivity index (χ4n) is 1.83. The molecule has 1 aliphatic carbocycles. The topological polar surface area (TPSA) is 52.1 Å². The highest BCUT2D eigenvalue weighted by Crippen LogP contribution is 2.31. The van der Waals surface area contributed by atoms with Crippen LogP contribution >= 0.6 is 0 Å². The minimum atomic E-state index is -0.257. The maximum absolute atomic E-state index is 10.9. The number of fused-ring (bicyclic) bond motifs is 1. The molecule has 1 atom stereocenters. The SMILES string of the molecule is CC(=O)OC1CCc2nc(C)c(C)nc21. The first-order chi connectivity index (χ1) is 7.08. The second-order valence-electron chi connectivity index (χ2n) is 3.86. The first-order valence-electron chi connectivity index (χ1n) is 5.09. The molecule has 1 aromatic heterocycles. The lowest BCUT2D eigenvalue weighted by atomic mass is 10.2. The van der Waals surface area contributed by atoms with Crippen LogP contribution in [0.5, 0.6) is 0 Å². The van der Waals surface area contributed by atoms with Gasteiger partial charge in [0.15, 0.2) is 0 Å². The highest BCUT2D eigenvalue weighted by atomic mass is 16.5. The van der Waals surface area contributed by atoms with Crippen molar-refractivity contribution in [2.75, 3.05) is 0 Å². The lowest BCUT2D eigenvalue weighted by Crippen LogP contribution is -2.08. The Kier molecular flexibility index (Phi) is 2.42. The highest BCUT2D eigenvalue weighted by Gasteiger charge is 2.28. The van der Waals surface area contributed by atoms with Gasteiger partial charge < -0.3 is 4.74 Å². The van der Waals surface area contributed by atoms with E-state index < -0.39 is 0 Å². The fourth-order valence-corrected chi connectivity index (χ4v) is 1.83. The summed E-state index contributed by atoms with van der Waals surface area (Å²) in [6.07, 6.45) is 1.46. The normalized spacial score (nSPS) is 18.7. The number of carbonyl (C=O) groups is 1. The van der Waals surface area contributed by atoms with Crippen LogP contribution in [0.2, 0.25) is 0 Å². The standard InChI is InChI=1S/C11H14N2O2/c1-6-7(2)13-11-9(12-6)4-5-10(11)15-8(3)14/h10H,4-5H2,1-3H3.